The third-order valence-electron chi connectivity index (χ3n) is 6.10. The molecule has 0 radical (unpaired) electrons. The van der Waals surface area contributed by atoms with E-state index in [1.165, 1.54) is 32.1 Å². The quantitative estimate of drug-likeness (QED) is 0.553. The van der Waals surface area contributed by atoms with Crippen molar-refractivity contribution in [3.63, 3.8) is 0 Å². The van der Waals surface area contributed by atoms with Gasteiger partial charge in [-0.3, -0.25) is 15.1 Å². The molecule has 7 nitrogen and oxygen atoms in total. The van der Waals surface area contributed by atoms with Crippen molar-refractivity contribution >= 4 is 17.7 Å². The minimum Gasteiger partial charge on any atom is -0.349 e. The van der Waals surface area contributed by atoms with Gasteiger partial charge in [-0.05, 0) is 25.7 Å². The zero-order valence-electron chi connectivity index (χ0n) is 15.7. The van der Waals surface area contributed by atoms with E-state index in [1.54, 1.807) is 0 Å². The SMILES string of the molecule is CC1NCC(C2CC(C(=O)NC3CNN(CC4CCCCC4)C3)NO2)S1. The maximum Gasteiger partial charge on any atom is 0.239 e. The van der Waals surface area contributed by atoms with Crippen molar-refractivity contribution < 1.29 is 9.63 Å². The number of carbonyl (C=O) groups excluding carboxylic acids is 1. The average Bonchev–Trinajstić information content (AvgIpc) is 3.37. The molecule has 4 aliphatic rings. The minimum absolute atomic E-state index is 0.0721. The van der Waals surface area contributed by atoms with E-state index in [2.05, 4.69) is 33.5 Å². The molecule has 4 N–H and O–H groups in total. The Kier molecular flexibility index (Phi) is 6.38. The first-order valence-corrected chi connectivity index (χ1v) is 11.2. The Morgan fingerprint density at radius 2 is 2.12 bits per heavy atom. The number of nitrogens with one attached hydrogen (secondary N) is 4. The van der Waals surface area contributed by atoms with Crippen molar-refractivity contribution in [3.8, 4) is 0 Å². The lowest BCUT2D eigenvalue weighted by Gasteiger charge is -2.26. The molecule has 0 spiro atoms. The van der Waals surface area contributed by atoms with Crippen LogP contribution in [-0.4, -0.2) is 65.9 Å². The van der Waals surface area contributed by atoms with Crippen molar-refractivity contribution in [2.45, 2.75) is 74.3 Å². The lowest BCUT2D eigenvalue weighted by Crippen LogP contribution is -2.47. The monoisotopic (exact) mass is 383 g/mol. The normalized spacial score (nSPS) is 39.5. The number of thioether (sulfide) groups is 1. The van der Waals surface area contributed by atoms with Gasteiger partial charge >= 0.3 is 0 Å². The summed E-state index contributed by atoms with van der Waals surface area (Å²) in [5.74, 6) is 0.888. The summed E-state index contributed by atoms with van der Waals surface area (Å²) in [4.78, 5) is 18.3. The average molecular weight is 384 g/mol. The number of hydrazine groups is 1. The lowest BCUT2D eigenvalue weighted by atomic mass is 9.89. The van der Waals surface area contributed by atoms with Crippen molar-refractivity contribution in [2.24, 2.45) is 5.92 Å². The summed E-state index contributed by atoms with van der Waals surface area (Å²) in [7, 11) is 0. The number of carbonyl (C=O) groups is 1. The molecule has 1 saturated carbocycles. The second-order valence-corrected chi connectivity index (χ2v) is 9.85. The molecule has 3 saturated heterocycles. The maximum absolute atomic E-state index is 12.6. The highest BCUT2D eigenvalue weighted by Gasteiger charge is 2.39. The fourth-order valence-electron chi connectivity index (χ4n) is 4.60. The number of nitrogens with zero attached hydrogens (tertiary/aromatic N) is 1. The highest BCUT2D eigenvalue weighted by Crippen LogP contribution is 2.30. The zero-order valence-corrected chi connectivity index (χ0v) is 16.5. The van der Waals surface area contributed by atoms with E-state index in [0.717, 1.165) is 38.5 Å². The van der Waals surface area contributed by atoms with E-state index >= 15 is 0 Å². The van der Waals surface area contributed by atoms with Crippen LogP contribution in [0.25, 0.3) is 0 Å². The third-order valence-corrected chi connectivity index (χ3v) is 7.49. The summed E-state index contributed by atoms with van der Waals surface area (Å²) in [6.07, 6.45) is 7.72. The van der Waals surface area contributed by atoms with E-state index in [-0.39, 0.29) is 24.1 Å². The van der Waals surface area contributed by atoms with Gasteiger partial charge in [0, 0.05) is 37.8 Å². The lowest BCUT2D eigenvalue weighted by molar-refractivity contribution is -0.124. The fourth-order valence-corrected chi connectivity index (χ4v) is 5.85. The highest BCUT2D eigenvalue weighted by molar-refractivity contribution is 8.00. The molecule has 1 amide bonds. The van der Waals surface area contributed by atoms with Gasteiger partial charge < -0.3 is 10.6 Å². The molecule has 5 atom stereocenters. The minimum atomic E-state index is -0.232. The highest BCUT2D eigenvalue weighted by atomic mass is 32.2. The number of amides is 1. The number of hydrogen-bond donors (Lipinski definition) is 4. The van der Waals surface area contributed by atoms with E-state index in [1.807, 2.05) is 11.8 Å². The molecule has 0 aromatic rings. The van der Waals surface area contributed by atoms with Gasteiger partial charge in [0.1, 0.15) is 6.04 Å². The van der Waals surface area contributed by atoms with Crippen LogP contribution >= 0.6 is 11.8 Å². The van der Waals surface area contributed by atoms with E-state index in [4.69, 9.17) is 4.84 Å². The van der Waals surface area contributed by atoms with E-state index in [9.17, 15) is 4.79 Å². The van der Waals surface area contributed by atoms with Crippen molar-refractivity contribution in [1.29, 1.82) is 0 Å². The molecule has 3 heterocycles. The van der Waals surface area contributed by atoms with E-state index < -0.39 is 0 Å². The Morgan fingerprint density at radius 3 is 2.88 bits per heavy atom. The van der Waals surface area contributed by atoms with Gasteiger partial charge in [0.2, 0.25) is 5.91 Å². The first-order chi connectivity index (χ1) is 12.7. The molecular weight excluding hydrogens is 350 g/mol. The first-order valence-electron chi connectivity index (χ1n) is 10.3. The van der Waals surface area contributed by atoms with Gasteiger partial charge in [0.15, 0.2) is 0 Å². The Hall–Kier alpha value is -0.380. The van der Waals surface area contributed by atoms with Crippen molar-refractivity contribution in [3.05, 3.63) is 0 Å². The largest absolute Gasteiger partial charge is 0.349 e. The van der Waals surface area contributed by atoms with Crippen LogP contribution in [0.4, 0.5) is 0 Å². The first kappa shape index (κ1) is 19.0. The van der Waals surface area contributed by atoms with Crippen LogP contribution in [0, 0.1) is 5.92 Å². The molecule has 0 bridgehead atoms. The van der Waals surface area contributed by atoms with Gasteiger partial charge in [-0.1, -0.05) is 19.3 Å². The van der Waals surface area contributed by atoms with Crippen LogP contribution in [0.5, 0.6) is 0 Å². The van der Waals surface area contributed by atoms with Gasteiger partial charge in [-0.15, -0.1) is 11.8 Å². The third kappa shape index (κ3) is 4.72. The number of rotatable bonds is 5. The molecule has 26 heavy (non-hydrogen) atoms. The summed E-state index contributed by atoms with van der Waals surface area (Å²) in [5.41, 5.74) is 6.43. The second-order valence-electron chi connectivity index (χ2n) is 8.26. The molecule has 0 aromatic heterocycles. The Balaban J connectivity index is 1.18. The molecule has 148 valence electrons. The Bertz CT molecular complexity index is 490. The van der Waals surface area contributed by atoms with E-state index in [0.29, 0.717) is 10.6 Å². The van der Waals surface area contributed by atoms with Crippen LogP contribution in [-0.2, 0) is 9.63 Å². The van der Waals surface area contributed by atoms with Crippen LogP contribution < -0.4 is 21.5 Å². The predicted molar refractivity (Wildman–Crippen MR) is 103 cm³/mol. The van der Waals surface area contributed by atoms with Gasteiger partial charge in [0.25, 0.3) is 0 Å². The molecule has 1 aliphatic carbocycles. The summed E-state index contributed by atoms with van der Waals surface area (Å²) >= 11 is 1.90. The number of hydroxylamine groups is 1. The van der Waals surface area contributed by atoms with Gasteiger partial charge in [0.05, 0.1) is 17.5 Å². The Labute approximate surface area is 160 Å². The topological polar surface area (TPSA) is 77.7 Å². The molecule has 3 aliphatic heterocycles. The van der Waals surface area contributed by atoms with Crippen LogP contribution in [0.1, 0.15) is 45.4 Å². The maximum atomic E-state index is 12.6. The standard InChI is InChI=1S/C18H33N5O2S/c1-12-19-9-17(26-12)16-7-15(22-25-16)18(24)21-14-8-20-23(11-14)10-13-5-3-2-4-6-13/h12-17,19-20,22H,2-11H2,1H3,(H,21,24). The summed E-state index contributed by atoms with van der Waals surface area (Å²) in [6.45, 7) is 5.97. The Morgan fingerprint density at radius 1 is 1.27 bits per heavy atom. The molecule has 8 heteroatoms. The predicted octanol–water partition coefficient (Wildman–Crippen LogP) is 0.585. The van der Waals surface area contributed by atoms with Crippen LogP contribution in [0.15, 0.2) is 0 Å². The second kappa shape index (κ2) is 8.75. The fraction of sp³-hybridized carbons (Fsp3) is 0.944. The van der Waals surface area contributed by atoms with Gasteiger partial charge in [-0.2, -0.15) is 5.48 Å². The molecule has 4 fully saturated rings. The summed E-state index contributed by atoms with van der Waals surface area (Å²) in [5, 5.41) is 9.83. The number of hydrogen-bond acceptors (Lipinski definition) is 7. The zero-order chi connectivity index (χ0) is 17.9. The molecule has 4 rings (SSSR count). The summed E-state index contributed by atoms with van der Waals surface area (Å²) in [6, 6.07) is -0.0432. The van der Waals surface area contributed by atoms with Crippen LogP contribution in [0.3, 0.4) is 0 Å². The molecule has 0 aromatic carbocycles. The summed E-state index contributed by atoms with van der Waals surface area (Å²) < 4.78 is 0. The molecule has 5 unspecified atom stereocenters. The van der Waals surface area contributed by atoms with Crippen LogP contribution in [0.2, 0.25) is 0 Å². The van der Waals surface area contributed by atoms with Crippen molar-refractivity contribution in [1.82, 2.24) is 26.5 Å². The smallest absolute Gasteiger partial charge is 0.239 e. The molecular formula is C18H33N5O2S. The van der Waals surface area contributed by atoms with Gasteiger partial charge in [-0.25, -0.2) is 5.01 Å². The van der Waals surface area contributed by atoms with Crippen molar-refractivity contribution in [2.75, 3.05) is 26.2 Å².